The number of anilines is 1. The van der Waals surface area contributed by atoms with E-state index in [1.165, 1.54) is 0 Å². The molecule has 0 saturated carbocycles. The largest absolute Gasteiger partial charge is 0.409 e. The number of halogens is 4. The molecular weight excluding hydrogens is 307 g/mol. The van der Waals surface area contributed by atoms with Crippen molar-refractivity contribution in [3.05, 3.63) is 28.8 Å². The Bertz CT molecular complexity index is 540. The second kappa shape index (κ2) is 6.01. The summed E-state index contributed by atoms with van der Waals surface area (Å²) in [5.74, 6) is -1.34. The predicted octanol–water partition coefficient (Wildman–Crippen LogP) is 3.21. The molecule has 0 aromatic heterocycles. The summed E-state index contributed by atoms with van der Waals surface area (Å²) in [6.45, 7) is 0.646. The molecule has 0 atom stereocenters. The van der Waals surface area contributed by atoms with E-state index in [-0.39, 0.29) is 18.7 Å². The maximum Gasteiger partial charge on any atom is 0.391 e. The van der Waals surface area contributed by atoms with E-state index in [0.29, 0.717) is 23.7 Å². The Hall–Kier alpha value is -1.63. The van der Waals surface area contributed by atoms with E-state index >= 15 is 0 Å². The quantitative estimate of drug-likeness (QED) is 0.380. The summed E-state index contributed by atoms with van der Waals surface area (Å²) in [7, 11) is 0. The minimum atomic E-state index is -4.13. The van der Waals surface area contributed by atoms with Crippen LogP contribution in [0.3, 0.4) is 0 Å². The molecule has 0 amide bonds. The minimum absolute atomic E-state index is 0.0725. The number of rotatable bonds is 2. The molecule has 116 valence electrons. The first-order valence-corrected chi connectivity index (χ1v) is 6.80. The highest BCUT2D eigenvalue weighted by Crippen LogP contribution is 2.36. The van der Waals surface area contributed by atoms with Crippen LogP contribution in [0.4, 0.5) is 18.9 Å². The number of alkyl halides is 3. The van der Waals surface area contributed by atoms with Gasteiger partial charge >= 0.3 is 6.18 Å². The number of amidine groups is 1. The van der Waals surface area contributed by atoms with Crippen LogP contribution in [-0.4, -0.2) is 30.3 Å². The van der Waals surface area contributed by atoms with Crippen LogP contribution in [0.25, 0.3) is 0 Å². The van der Waals surface area contributed by atoms with E-state index in [0.717, 1.165) is 5.69 Å². The Balaban J connectivity index is 2.09. The summed E-state index contributed by atoms with van der Waals surface area (Å²) >= 11 is 6.04. The second-order valence-corrected chi connectivity index (χ2v) is 5.36. The fourth-order valence-corrected chi connectivity index (χ4v) is 2.70. The first-order chi connectivity index (χ1) is 9.82. The highest BCUT2D eigenvalue weighted by molar-refractivity contribution is 6.34. The Morgan fingerprint density at radius 1 is 1.33 bits per heavy atom. The van der Waals surface area contributed by atoms with Crippen LogP contribution in [0, 0.1) is 5.92 Å². The third-order valence-electron chi connectivity index (χ3n) is 3.66. The van der Waals surface area contributed by atoms with Gasteiger partial charge in [0.15, 0.2) is 5.84 Å². The molecule has 1 aliphatic heterocycles. The summed E-state index contributed by atoms with van der Waals surface area (Å²) in [4.78, 5) is 1.85. The summed E-state index contributed by atoms with van der Waals surface area (Å²) in [6.07, 6.45) is -3.98. The van der Waals surface area contributed by atoms with Crippen molar-refractivity contribution >= 4 is 23.1 Å². The molecule has 0 aliphatic carbocycles. The second-order valence-electron chi connectivity index (χ2n) is 4.95. The molecule has 1 aliphatic rings. The number of hydrogen-bond donors (Lipinski definition) is 2. The lowest BCUT2D eigenvalue weighted by molar-refractivity contribution is -0.179. The average Bonchev–Trinajstić information content (AvgIpc) is 2.45. The van der Waals surface area contributed by atoms with E-state index in [1.807, 2.05) is 4.90 Å². The van der Waals surface area contributed by atoms with Gasteiger partial charge in [-0.3, -0.25) is 0 Å². The van der Waals surface area contributed by atoms with Gasteiger partial charge in [0.25, 0.3) is 0 Å². The minimum Gasteiger partial charge on any atom is -0.409 e. The van der Waals surface area contributed by atoms with Crippen LogP contribution in [0.5, 0.6) is 0 Å². The number of oxime groups is 1. The Kier molecular flexibility index (Phi) is 4.51. The van der Waals surface area contributed by atoms with Gasteiger partial charge in [0.1, 0.15) is 0 Å². The molecule has 1 aromatic rings. The maximum atomic E-state index is 12.6. The summed E-state index contributed by atoms with van der Waals surface area (Å²) in [6, 6.07) is 4.90. The van der Waals surface area contributed by atoms with Gasteiger partial charge in [-0.25, -0.2) is 0 Å². The molecular formula is C13H15ClF3N3O. The molecule has 4 nitrogen and oxygen atoms in total. The van der Waals surface area contributed by atoms with Crippen molar-refractivity contribution in [2.24, 2.45) is 16.8 Å². The average molecular weight is 322 g/mol. The zero-order valence-electron chi connectivity index (χ0n) is 11.1. The maximum absolute atomic E-state index is 12.6. The van der Waals surface area contributed by atoms with E-state index in [1.54, 1.807) is 18.2 Å². The third-order valence-corrected chi connectivity index (χ3v) is 3.97. The lowest BCUT2D eigenvalue weighted by Gasteiger charge is -2.34. The van der Waals surface area contributed by atoms with Crippen molar-refractivity contribution in [3.8, 4) is 0 Å². The van der Waals surface area contributed by atoms with Crippen molar-refractivity contribution in [2.75, 3.05) is 18.0 Å². The van der Waals surface area contributed by atoms with Gasteiger partial charge in [-0.05, 0) is 31.0 Å². The molecule has 1 aromatic carbocycles. The fraction of sp³-hybridized carbons (Fsp3) is 0.462. The Labute approximate surface area is 125 Å². The zero-order valence-corrected chi connectivity index (χ0v) is 11.8. The number of benzene rings is 1. The highest BCUT2D eigenvalue weighted by atomic mass is 35.5. The highest BCUT2D eigenvalue weighted by Gasteiger charge is 2.41. The normalized spacial score (nSPS) is 18.1. The van der Waals surface area contributed by atoms with Gasteiger partial charge in [-0.2, -0.15) is 13.2 Å². The molecule has 3 N–H and O–H groups in total. The molecule has 1 saturated heterocycles. The van der Waals surface area contributed by atoms with Crippen LogP contribution >= 0.6 is 11.6 Å². The molecule has 0 bridgehead atoms. The van der Waals surface area contributed by atoms with Crippen LogP contribution in [0.1, 0.15) is 18.4 Å². The lowest BCUT2D eigenvalue weighted by Crippen LogP contribution is -2.39. The number of piperidine rings is 1. The molecule has 21 heavy (non-hydrogen) atoms. The zero-order chi connectivity index (χ0) is 15.6. The smallest absolute Gasteiger partial charge is 0.391 e. The van der Waals surface area contributed by atoms with Crippen molar-refractivity contribution in [2.45, 2.75) is 19.0 Å². The lowest BCUT2D eigenvalue weighted by atomic mass is 9.96. The van der Waals surface area contributed by atoms with E-state index < -0.39 is 12.1 Å². The van der Waals surface area contributed by atoms with Gasteiger partial charge in [0.05, 0.1) is 10.9 Å². The van der Waals surface area contributed by atoms with Gasteiger partial charge in [0.2, 0.25) is 0 Å². The van der Waals surface area contributed by atoms with Gasteiger partial charge in [-0.1, -0.05) is 16.8 Å². The van der Waals surface area contributed by atoms with E-state index in [4.69, 9.17) is 22.5 Å². The monoisotopic (exact) mass is 321 g/mol. The summed E-state index contributed by atoms with van der Waals surface area (Å²) < 4.78 is 37.9. The standard InChI is InChI=1S/C13H15ClF3N3O/c14-11-7-9(1-2-10(11)12(18)19-21)20-5-3-8(4-6-20)13(15,16)17/h1-2,7-8,21H,3-6H2,(H2,18,19). The van der Waals surface area contributed by atoms with Crippen molar-refractivity contribution < 1.29 is 18.4 Å². The van der Waals surface area contributed by atoms with Crippen LogP contribution in [0.15, 0.2) is 23.4 Å². The third kappa shape index (κ3) is 3.53. The van der Waals surface area contributed by atoms with Gasteiger partial charge < -0.3 is 15.8 Å². The van der Waals surface area contributed by atoms with E-state index in [9.17, 15) is 13.2 Å². The molecule has 0 spiro atoms. The van der Waals surface area contributed by atoms with Gasteiger partial charge in [0, 0.05) is 24.3 Å². The predicted molar refractivity (Wildman–Crippen MR) is 75.0 cm³/mol. The Morgan fingerprint density at radius 3 is 2.43 bits per heavy atom. The molecule has 1 fully saturated rings. The first kappa shape index (κ1) is 15.8. The van der Waals surface area contributed by atoms with Crippen LogP contribution in [-0.2, 0) is 0 Å². The molecule has 0 radical (unpaired) electrons. The SMILES string of the molecule is NC(=NO)c1ccc(N2CCC(C(F)(F)F)CC2)cc1Cl. The number of nitrogens with zero attached hydrogens (tertiary/aromatic N) is 2. The van der Waals surface area contributed by atoms with Crippen LogP contribution in [0.2, 0.25) is 5.02 Å². The fourth-order valence-electron chi connectivity index (χ4n) is 2.43. The number of nitrogens with two attached hydrogens (primary N) is 1. The summed E-state index contributed by atoms with van der Waals surface area (Å²) in [5, 5.41) is 11.8. The first-order valence-electron chi connectivity index (χ1n) is 6.42. The summed E-state index contributed by atoms with van der Waals surface area (Å²) in [5.41, 5.74) is 6.58. The van der Waals surface area contributed by atoms with Gasteiger partial charge in [-0.15, -0.1) is 0 Å². The molecule has 0 unspecified atom stereocenters. The van der Waals surface area contributed by atoms with E-state index in [2.05, 4.69) is 5.16 Å². The molecule has 2 rings (SSSR count). The van der Waals surface area contributed by atoms with Crippen LogP contribution < -0.4 is 10.6 Å². The molecule has 1 heterocycles. The number of hydrogen-bond acceptors (Lipinski definition) is 3. The van der Waals surface area contributed by atoms with Crippen molar-refractivity contribution in [1.29, 1.82) is 0 Å². The molecule has 8 heteroatoms. The van der Waals surface area contributed by atoms with Crippen molar-refractivity contribution in [3.63, 3.8) is 0 Å². The Morgan fingerprint density at radius 2 is 1.95 bits per heavy atom. The topological polar surface area (TPSA) is 61.9 Å². The van der Waals surface area contributed by atoms with Crippen molar-refractivity contribution in [1.82, 2.24) is 0 Å².